The van der Waals surface area contributed by atoms with Gasteiger partial charge < -0.3 is 5.73 Å². The lowest BCUT2D eigenvalue weighted by molar-refractivity contribution is -0.118. The van der Waals surface area contributed by atoms with Crippen molar-refractivity contribution < 1.29 is 4.79 Å². The van der Waals surface area contributed by atoms with E-state index in [2.05, 4.69) is 0 Å². The first-order chi connectivity index (χ1) is 4.00. The molecule has 0 aliphatic carbocycles. The summed E-state index contributed by atoms with van der Waals surface area (Å²) in [6, 6.07) is 0. The molecule has 2 N–H and O–H groups in total. The van der Waals surface area contributed by atoms with Gasteiger partial charge in [-0.3, -0.25) is 4.79 Å². The topological polar surface area (TPSA) is 43.1 Å². The first-order valence-electron chi connectivity index (χ1n) is 2.24. The molecule has 0 bridgehead atoms. The van der Waals surface area contributed by atoms with Crippen molar-refractivity contribution in [1.29, 1.82) is 0 Å². The number of carbonyl (C=O) groups is 1. The molecule has 0 aromatic heterocycles. The second kappa shape index (κ2) is 3.49. The molecule has 0 radical (unpaired) electrons. The van der Waals surface area contributed by atoms with Crippen LogP contribution in [0.1, 0.15) is 6.42 Å². The summed E-state index contributed by atoms with van der Waals surface area (Å²) in [6.07, 6.45) is 0.174. The van der Waals surface area contributed by atoms with E-state index in [1.807, 2.05) is 0 Å². The van der Waals surface area contributed by atoms with Crippen molar-refractivity contribution in [1.82, 2.24) is 0 Å². The van der Waals surface area contributed by atoms with Gasteiger partial charge in [0.25, 0.3) is 5.91 Å². The Bertz CT molecular complexity index is 114. The average molecular weight is 190 g/mol. The van der Waals surface area contributed by atoms with Crippen LogP contribution in [0.2, 0.25) is 0 Å². The lowest BCUT2D eigenvalue weighted by atomic mass is 10.3. The largest absolute Gasteiger partial charge is 0.367 e. The molecule has 0 atom stereocenters. The van der Waals surface area contributed by atoms with E-state index < -0.39 is 10.2 Å². The van der Waals surface area contributed by atoms with Crippen molar-refractivity contribution in [2.24, 2.45) is 5.73 Å². The highest BCUT2D eigenvalue weighted by Gasteiger charge is 2.29. The number of rotatable bonds is 3. The maximum absolute atomic E-state index is 10.3. The second-order valence-electron chi connectivity index (χ2n) is 1.51. The molecule has 54 valence electrons. The van der Waals surface area contributed by atoms with Crippen LogP contribution in [-0.4, -0.2) is 16.1 Å². The van der Waals surface area contributed by atoms with E-state index in [1.54, 1.807) is 0 Å². The zero-order valence-corrected chi connectivity index (χ0v) is 6.80. The van der Waals surface area contributed by atoms with E-state index in [0.717, 1.165) is 0 Å². The molecule has 0 saturated heterocycles. The van der Waals surface area contributed by atoms with Crippen molar-refractivity contribution in [2.75, 3.05) is 5.88 Å². The fourth-order valence-electron chi connectivity index (χ4n) is 0.242. The summed E-state index contributed by atoms with van der Waals surface area (Å²) in [7, 11) is 0. The van der Waals surface area contributed by atoms with Gasteiger partial charge in [0, 0.05) is 12.3 Å². The zero-order chi connectivity index (χ0) is 7.49. The summed E-state index contributed by atoms with van der Waals surface area (Å²) in [6.45, 7) is 0. The van der Waals surface area contributed by atoms with Gasteiger partial charge in [-0.15, -0.1) is 11.6 Å². The third-order valence-corrected chi connectivity index (χ3v) is 1.71. The Morgan fingerprint density at radius 2 is 2.00 bits per heavy atom. The summed E-state index contributed by atoms with van der Waals surface area (Å²) in [4.78, 5) is 10.3. The van der Waals surface area contributed by atoms with Gasteiger partial charge in [0.05, 0.1) is 0 Å². The summed E-state index contributed by atoms with van der Waals surface area (Å²) < 4.78 is -1.50. The van der Waals surface area contributed by atoms with Gasteiger partial charge in [0.1, 0.15) is 0 Å². The van der Waals surface area contributed by atoms with Crippen LogP contribution in [0.15, 0.2) is 0 Å². The van der Waals surface area contributed by atoms with Gasteiger partial charge in [-0.25, -0.2) is 0 Å². The lowest BCUT2D eigenvalue weighted by Gasteiger charge is -2.11. The van der Waals surface area contributed by atoms with Crippen molar-refractivity contribution in [3.63, 3.8) is 0 Å². The fraction of sp³-hybridized carbons (Fsp3) is 0.750. The molecule has 0 aliphatic heterocycles. The van der Waals surface area contributed by atoms with Gasteiger partial charge in [0.2, 0.25) is 0 Å². The third-order valence-electron chi connectivity index (χ3n) is 0.769. The smallest absolute Gasteiger partial charge is 0.253 e. The number of primary amides is 1. The predicted molar refractivity (Wildman–Crippen MR) is 39.0 cm³/mol. The minimum Gasteiger partial charge on any atom is -0.367 e. The molecular weight excluding hydrogens is 184 g/mol. The first-order valence-corrected chi connectivity index (χ1v) is 3.53. The number of nitrogens with two attached hydrogens (primary N) is 1. The van der Waals surface area contributed by atoms with E-state index in [4.69, 9.17) is 40.5 Å². The number of hydrogen-bond acceptors (Lipinski definition) is 1. The molecule has 2 nitrogen and oxygen atoms in total. The van der Waals surface area contributed by atoms with Crippen LogP contribution in [0.3, 0.4) is 0 Å². The van der Waals surface area contributed by atoms with Gasteiger partial charge in [-0.1, -0.05) is 23.2 Å². The normalized spacial score (nSPS) is 11.4. The van der Waals surface area contributed by atoms with Crippen LogP contribution in [0.5, 0.6) is 0 Å². The monoisotopic (exact) mass is 189 g/mol. The molecule has 0 fully saturated rings. The van der Waals surface area contributed by atoms with Crippen LogP contribution >= 0.6 is 34.8 Å². The second-order valence-corrected chi connectivity index (χ2v) is 3.37. The molecule has 0 spiro atoms. The van der Waals surface area contributed by atoms with E-state index in [0.29, 0.717) is 0 Å². The summed E-state index contributed by atoms with van der Waals surface area (Å²) in [5.41, 5.74) is 4.79. The summed E-state index contributed by atoms with van der Waals surface area (Å²) in [5, 5.41) is 0. The molecule has 1 amide bonds. The van der Waals surface area contributed by atoms with Crippen molar-refractivity contribution in [3.05, 3.63) is 0 Å². The fourth-order valence-corrected chi connectivity index (χ4v) is 0.908. The highest BCUT2D eigenvalue weighted by molar-refractivity contribution is 6.58. The van der Waals surface area contributed by atoms with Crippen LogP contribution in [0.4, 0.5) is 0 Å². The van der Waals surface area contributed by atoms with Crippen molar-refractivity contribution in [3.8, 4) is 0 Å². The Kier molecular flexibility index (Phi) is 3.63. The molecule has 0 heterocycles. The maximum atomic E-state index is 10.3. The molecule has 0 aliphatic rings. The number of amides is 1. The first kappa shape index (κ1) is 9.34. The molecule has 0 unspecified atom stereocenters. The van der Waals surface area contributed by atoms with Crippen LogP contribution in [0.25, 0.3) is 0 Å². The van der Waals surface area contributed by atoms with Crippen LogP contribution in [-0.2, 0) is 4.79 Å². The molecule has 5 heteroatoms. The van der Waals surface area contributed by atoms with Crippen molar-refractivity contribution in [2.45, 2.75) is 10.8 Å². The molecule has 9 heavy (non-hydrogen) atoms. The van der Waals surface area contributed by atoms with Crippen LogP contribution in [0, 0.1) is 0 Å². The summed E-state index contributed by atoms with van der Waals surface area (Å²) in [5.74, 6) is -0.540. The third kappa shape index (κ3) is 3.14. The molecule has 0 saturated carbocycles. The molecular formula is C4H6Cl3NO. The van der Waals surface area contributed by atoms with Gasteiger partial charge >= 0.3 is 0 Å². The highest BCUT2D eigenvalue weighted by atomic mass is 35.5. The lowest BCUT2D eigenvalue weighted by Crippen LogP contribution is -2.33. The molecule has 0 aromatic carbocycles. The van der Waals surface area contributed by atoms with Gasteiger partial charge in [-0.05, 0) is 0 Å². The minimum absolute atomic E-state index is 0.174. The Hall–Kier alpha value is 0.340. The minimum atomic E-state index is -1.50. The van der Waals surface area contributed by atoms with E-state index in [9.17, 15) is 4.79 Å². The van der Waals surface area contributed by atoms with Crippen molar-refractivity contribution >= 4 is 40.7 Å². The van der Waals surface area contributed by atoms with E-state index in [-0.39, 0.29) is 12.3 Å². The number of hydrogen-bond donors (Lipinski definition) is 1. The van der Waals surface area contributed by atoms with Gasteiger partial charge in [-0.2, -0.15) is 0 Å². The number of carbonyl (C=O) groups excluding carboxylic acids is 1. The Morgan fingerprint density at radius 3 is 2.11 bits per heavy atom. The number of halogens is 3. The molecule has 0 aromatic rings. The quantitative estimate of drug-likeness (QED) is 0.669. The zero-order valence-electron chi connectivity index (χ0n) is 4.53. The summed E-state index contributed by atoms with van der Waals surface area (Å²) >= 11 is 16.0. The Balaban J connectivity index is 3.85. The average Bonchev–Trinajstić information content (AvgIpc) is 1.65. The van der Waals surface area contributed by atoms with E-state index in [1.165, 1.54) is 0 Å². The molecule has 0 rings (SSSR count). The Morgan fingerprint density at radius 1 is 1.56 bits per heavy atom. The Labute approximate surface area is 68.2 Å². The van der Waals surface area contributed by atoms with Gasteiger partial charge in [0.15, 0.2) is 4.33 Å². The standard InChI is InChI=1S/C4H6Cl3NO/c5-2-1-4(6,7)3(8)9/h1-2H2,(H2,8,9). The highest BCUT2D eigenvalue weighted by Crippen LogP contribution is 2.24. The van der Waals surface area contributed by atoms with E-state index >= 15 is 0 Å². The van der Waals surface area contributed by atoms with Crippen LogP contribution < -0.4 is 5.73 Å². The SMILES string of the molecule is NC(=O)C(Cl)(Cl)CCCl. The number of alkyl halides is 3. The maximum Gasteiger partial charge on any atom is 0.253 e. The predicted octanol–water partition coefficient (Wildman–Crippen LogP) is 1.27.